The molecule has 0 spiro atoms. The Balaban J connectivity index is 2.96. The number of aryl methyl sites for hydroxylation is 1. The van der Waals surface area contributed by atoms with Crippen LogP contribution in [0.4, 0.5) is 0 Å². The Morgan fingerprint density at radius 3 is 2.75 bits per heavy atom. The lowest BCUT2D eigenvalue weighted by molar-refractivity contribution is 0.728. The molecule has 0 saturated heterocycles. The van der Waals surface area contributed by atoms with Crippen LogP contribution in [-0.2, 0) is 0 Å². The molecule has 1 rings (SSSR count). The number of hydrogen-bond donors (Lipinski definition) is 0. The van der Waals surface area contributed by atoms with Gasteiger partial charge in [-0.25, -0.2) is 4.98 Å². The van der Waals surface area contributed by atoms with E-state index >= 15 is 0 Å². The molecule has 0 fully saturated rings. The van der Waals surface area contributed by atoms with Gasteiger partial charge in [0, 0.05) is 6.20 Å². The number of pyridine rings is 1. The smallest absolute Gasteiger partial charge is 0.131 e. The van der Waals surface area contributed by atoms with E-state index < -0.39 is 0 Å². The quantitative estimate of drug-likeness (QED) is 0.639. The molecule has 0 bridgehead atoms. The molecule has 1 atom stereocenters. The molecule has 1 aromatic rings. The molecule has 0 saturated carbocycles. The van der Waals surface area contributed by atoms with E-state index in [1.165, 1.54) is 5.56 Å². The van der Waals surface area contributed by atoms with E-state index in [0.717, 1.165) is 12.0 Å². The summed E-state index contributed by atoms with van der Waals surface area (Å²) in [7, 11) is 0. The fourth-order valence-electron chi connectivity index (χ4n) is 1.09. The van der Waals surface area contributed by atoms with Crippen molar-refractivity contribution in [3.05, 3.63) is 28.5 Å². The van der Waals surface area contributed by atoms with Gasteiger partial charge in [0.05, 0.1) is 0 Å². The molecule has 0 aliphatic carbocycles. The Kier molecular flexibility index (Phi) is 3.10. The Morgan fingerprint density at radius 2 is 2.25 bits per heavy atom. The fourth-order valence-corrected chi connectivity index (χ4v) is 1.19. The van der Waals surface area contributed by atoms with Gasteiger partial charge in [-0.15, -0.1) is 0 Å². The van der Waals surface area contributed by atoms with Crippen molar-refractivity contribution >= 4 is 11.6 Å². The normalized spacial score (nSPS) is 13.0. The van der Waals surface area contributed by atoms with Gasteiger partial charge >= 0.3 is 0 Å². The summed E-state index contributed by atoms with van der Waals surface area (Å²) >= 11 is 5.82. The zero-order chi connectivity index (χ0) is 9.14. The first-order chi connectivity index (χ1) is 5.65. The van der Waals surface area contributed by atoms with Gasteiger partial charge in [0.25, 0.3) is 0 Å². The van der Waals surface area contributed by atoms with Crippen molar-refractivity contribution in [2.24, 2.45) is 0 Å². The van der Waals surface area contributed by atoms with Crippen LogP contribution >= 0.6 is 11.6 Å². The molecule has 66 valence electrons. The molecular weight excluding hydrogens is 170 g/mol. The van der Waals surface area contributed by atoms with Crippen LogP contribution in [0.25, 0.3) is 0 Å². The van der Waals surface area contributed by atoms with Gasteiger partial charge in [-0.2, -0.15) is 0 Å². The van der Waals surface area contributed by atoms with Crippen molar-refractivity contribution in [2.75, 3.05) is 0 Å². The third-order valence-corrected chi connectivity index (χ3v) is 2.61. The van der Waals surface area contributed by atoms with Crippen molar-refractivity contribution in [1.82, 2.24) is 4.98 Å². The monoisotopic (exact) mass is 183 g/mol. The lowest BCUT2D eigenvalue weighted by Crippen LogP contribution is -1.93. The molecule has 1 aromatic heterocycles. The lowest BCUT2D eigenvalue weighted by Gasteiger charge is -2.09. The summed E-state index contributed by atoms with van der Waals surface area (Å²) < 4.78 is 0. The molecule has 0 amide bonds. The van der Waals surface area contributed by atoms with Crippen LogP contribution in [0.2, 0.25) is 5.15 Å². The summed E-state index contributed by atoms with van der Waals surface area (Å²) in [4.78, 5) is 4.11. The summed E-state index contributed by atoms with van der Waals surface area (Å²) in [5, 5.41) is 0.613. The van der Waals surface area contributed by atoms with Gasteiger partial charge < -0.3 is 0 Å². The average Bonchev–Trinajstić information content (AvgIpc) is 2.08. The highest BCUT2D eigenvalue weighted by molar-refractivity contribution is 6.30. The molecule has 12 heavy (non-hydrogen) atoms. The number of rotatable bonds is 2. The summed E-state index contributed by atoms with van der Waals surface area (Å²) in [5.74, 6) is 0.577. The highest BCUT2D eigenvalue weighted by Crippen LogP contribution is 2.21. The Hall–Kier alpha value is -0.560. The van der Waals surface area contributed by atoms with Crippen LogP contribution in [0.15, 0.2) is 12.3 Å². The maximum absolute atomic E-state index is 5.82. The van der Waals surface area contributed by atoms with Crippen LogP contribution in [0, 0.1) is 6.92 Å². The zero-order valence-electron chi connectivity index (χ0n) is 7.76. The predicted molar refractivity (Wildman–Crippen MR) is 52.7 cm³/mol. The zero-order valence-corrected chi connectivity index (χ0v) is 8.52. The molecular formula is C10H14ClN. The van der Waals surface area contributed by atoms with Gasteiger partial charge in [0.1, 0.15) is 5.15 Å². The lowest BCUT2D eigenvalue weighted by atomic mass is 10.00. The number of hydrogen-bond acceptors (Lipinski definition) is 1. The van der Waals surface area contributed by atoms with Crippen molar-refractivity contribution in [3.8, 4) is 0 Å². The second kappa shape index (κ2) is 3.90. The average molecular weight is 184 g/mol. The van der Waals surface area contributed by atoms with E-state index in [2.05, 4.69) is 24.9 Å². The fraction of sp³-hybridized carbons (Fsp3) is 0.500. The second-order valence-electron chi connectivity index (χ2n) is 3.19. The van der Waals surface area contributed by atoms with Gasteiger partial charge in [-0.1, -0.05) is 31.5 Å². The van der Waals surface area contributed by atoms with E-state index in [4.69, 9.17) is 11.6 Å². The number of halogens is 1. The van der Waals surface area contributed by atoms with E-state index in [9.17, 15) is 0 Å². The third-order valence-electron chi connectivity index (χ3n) is 2.22. The van der Waals surface area contributed by atoms with Crippen LogP contribution in [-0.4, -0.2) is 4.98 Å². The highest BCUT2D eigenvalue weighted by Gasteiger charge is 2.04. The molecule has 1 unspecified atom stereocenters. The van der Waals surface area contributed by atoms with Crippen molar-refractivity contribution in [1.29, 1.82) is 0 Å². The Bertz CT molecular complexity index is 271. The van der Waals surface area contributed by atoms with Crippen LogP contribution in [0.5, 0.6) is 0 Å². The first-order valence-corrected chi connectivity index (χ1v) is 4.65. The first kappa shape index (κ1) is 9.53. The Morgan fingerprint density at radius 1 is 1.58 bits per heavy atom. The molecule has 0 aliphatic rings. The number of nitrogens with zero attached hydrogens (tertiary/aromatic N) is 1. The largest absolute Gasteiger partial charge is 0.244 e. The van der Waals surface area contributed by atoms with Gasteiger partial charge in [-0.3, -0.25) is 0 Å². The van der Waals surface area contributed by atoms with Crippen molar-refractivity contribution in [3.63, 3.8) is 0 Å². The summed E-state index contributed by atoms with van der Waals surface area (Å²) in [5.41, 5.74) is 2.34. The van der Waals surface area contributed by atoms with E-state index in [1.54, 1.807) is 0 Å². The van der Waals surface area contributed by atoms with Crippen LogP contribution in [0.3, 0.4) is 0 Å². The van der Waals surface area contributed by atoms with Gasteiger partial charge in [0.2, 0.25) is 0 Å². The molecule has 2 heteroatoms. The molecule has 0 N–H and O–H groups in total. The SMILES string of the molecule is CCC(C)c1cnc(Cl)c(C)c1. The van der Waals surface area contributed by atoms with Crippen molar-refractivity contribution in [2.45, 2.75) is 33.1 Å². The molecule has 1 heterocycles. The highest BCUT2D eigenvalue weighted by atomic mass is 35.5. The third kappa shape index (κ3) is 1.98. The van der Waals surface area contributed by atoms with Crippen LogP contribution in [0.1, 0.15) is 37.3 Å². The molecule has 0 aliphatic heterocycles. The molecule has 1 nitrogen and oxygen atoms in total. The maximum atomic E-state index is 5.82. The minimum Gasteiger partial charge on any atom is -0.244 e. The van der Waals surface area contributed by atoms with Crippen molar-refractivity contribution < 1.29 is 0 Å². The van der Waals surface area contributed by atoms with Gasteiger partial charge in [-0.05, 0) is 30.4 Å². The van der Waals surface area contributed by atoms with Gasteiger partial charge in [0.15, 0.2) is 0 Å². The molecule has 0 aromatic carbocycles. The van der Waals surface area contributed by atoms with E-state index in [0.29, 0.717) is 11.1 Å². The van der Waals surface area contributed by atoms with E-state index in [1.807, 2.05) is 13.1 Å². The summed E-state index contributed by atoms with van der Waals surface area (Å²) in [6.45, 7) is 6.36. The summed E-state index contributed by atoms with van der Waals surface area (Å²) in [6, 6.07) is 2.11. The minimum atomic E-state index is 0.577. The summed E-state index contributed by atoms with van der Waals surface area (Å²) in [6.07, 6.45) is 3.01. The first-order valence-electron chi connectivity index (χ1n) is 4.27. The maximum Gasteiger partial charge on any atom is 0.131 e. The standard InChI is InChI=1S/C10H14ClN/c1-4-7(2)9-5-8(3)10(11)12-6-9/h5-7H,4H2,1-3H3. The topological polar surface area (TPSA) is 12.9 Å². The minimum absolute atomic E-state index is 0.577. The predicted octanol–water partition coefficient (Wildman–Crippen LogP) is 3.56. The molecule has 0 radical (unpaired) electrons. The Labute approximate surface area is 78.8 Å². The van der Waals surface area contributed by atoms with Crippen LogP contribution < -0.4 is 0 Å². The number of aromatic nitrogens is 1. The van der Waals surface area contributed by atoms with E-state index in [-0.39, 0.29) is 0 Å². The second-order valence-corrected chi connectivity index (χ2v) is 3.54.